The fourth-order valence-corrected chi connectivity index (χ4v) is 5.25. The number of likely N-dealkylation sites (tertiary alicyclic amines) is 2. The van der Waals surface area contributed by atoms with E-state index in [-0.39, 0.29) is 5.41 Å². The molecule has 136 valence electrons. The molecule has 0 radical (unpaired) electrons. The van der Waals surface area contributed by atoms with Crippen LogP contribution < -0.4 is 0 Å². The highest BCUT2D eigenvalue weighted by molar-refractivity contribution is 7.10. The van der Waals surface area contributed by atoms with Gasteiger partial charge in [0.1, 0.15) is 0 Å². The van der Waals surface area contributed by atoms with Crippen molar-refractivity contribution in [1.29, 1.82) is 5.26 Å². The molecule has 2 saturated heterocycles. The second-order valence-electron chi connectivity index (χ2n) is 7.74. The molecule has 0 unspecified atom stereocenters. The standard InChI is InChI=1S/C22H27N3S/c23-18-22(20-6-2-1-3-7-20)8-12-25(13-9-22)16-21-14-19(17-26-21)15-24-10-4-5-11-24/h1-3,6-7,14,17H,4-5,8-13,15-16H2. The number of rotatable bonds is 5. The van der Waals surface area contributed by atoms with E-state index in [1.807, 2.05) is 29.5 Å². The van der Waals surface area contributed by atoms with Crippen LogP contribution in [0.1, 0.15) is 41.7 Å². The summed E-state index contributed by atoms with van der Waals surface area (Å²) in [5.41, 5.74) is 2.36. The highest BCUT2D eigenvalue weighted by Gasteiger charge is 2.36. The number of thiophene rings is 1. The topological polar surface area (TPSA) is 30.3 Å². The maximum absolute atomic E-state index is 9.84. The van der Waals surface area contributed by atoms with Crippen LogP contribution in [0.4, 0.5) is 0 Å². The van der Waals surface area contributed by atoms with Gasteiger partial charge in [-0.05, 0) is 61.3 Å². The molecule has 2 aliphatic rings. The van der Waals surface area contributed by atoms with E-state index >= 15 is 0 Å². The molecule has 0 amide bonds. The number of piperidine rings is 1. The number of hydrogen-bond donors (Lipinski definition) is 0. The zero-order chi connectivity index (χ0) is 17.8. The first-order chi connectivity index (χ1) is 12.8. The molecule has 2 aliphatic heterocycles. The molecule has 0 bridgehead atoms. The molecule has 1 aromatic heterocycles. The summed E-state index contributed by atoms with van der Waals surface area (Å²) in [5, 5.41) is 12.2. The normalized spacial score (nSPS) is 20.9. The van der Waals surface area contributed by atoms with Crippen molar-refractivity contribution in [2.24, 2.45) is 0 Å². The predicted molar refractivity (Wildman–Crippen MR) is 107 cm³/mol. The molecule has 2 aromatic rings. The van der Waals surface area contributed by atoms with Gasteiger partial charge in [-0.25, -0.2) is 0 Å². The van der Waals surface area contributed by atoms with Crippen LogP contribution in [-0.2, 0) is 18.5 Å². The Bertz CT molecular complexity index is 747. The Kier molecular flexibility index (Phi) is 5.40. The van der Waals surface area contributed by atoms with Gasteiger partial charge in [0.2, 0.25) is 0 Å². The van der Waals surface area contributed by atoms with E-state index in [0.717, 1.165) is 39.0 Å². The minimum atomic E-state index is -0.297. The number of benzene rings is 1. The highest BCUT2D eigenvalue weighted by Crippen LogP contribution is 2.35. The third kappa shape index (κ3) is 3.86. The molecular formula is C22H27N3S. The van der Waals surface area contributed by atoms with Gasteiger partial charge in [0.25, 0.3) is 0 Å². The fraction of sp³-hybridized carbons (Fsp3) is 0.500. The zero-order valence-corrected chi connectivity index (χ0v) is 16.2. The molecule has 3 heterocycles. The van der Waals surface area contributed by atoms with Gasteiger partial charge in [-0.2, -0.15) is 5.26 Å². The zero-order valence-electron chi connectivity index (χ0n) is 15.4. The SMILES string of the molecule is N#CC1(c2ccccc2)CCN(Cc2cc(CN3CCCC3)cs2)CC1. The van der Waals surface area contributed by atoms with Crippen molar-refractivity contribution in [3.8, 4) is 6.07 Å². The van der Waals surface area contributed by atoms with E-state index in [9.17, 15) is 5.26 Å². The summed E-state index contributed by atoms with van der Waals surface area (Å²) in [4.78, 5) is 6.54. The second-order valence-corrected chi connectivity index (χ2v) is 8.74. The Labute approximate surface area is 160 Å². The van der Waals surface area contributed by atoms with E-state index in [0.29, 0.717) is 0 Å². The molecule has 4 heteroatoms. The summed E-state index contributed by atoms with van der Waals surface area (Å²) >= 11 is 1.90. The van der Waals surface area contributed by atoms with Crippen molar-refractivity contribution < 1.29 is 0 Å². The average Bonchev–Trinajstić information content (AvgIpc) is 3.36. The third-order valence-corrected chi connectivity index (χ3v) is 6.91. The van der Waals surface area contributed by atoms with Crippen LogP contribution in [0.3, 0.4) is 0 Å². The summed E-state index contributed by atoms with van der Waals surface area (Å²) < 4.78 is 0. The van der Waals surface area contributed by atoms with Crippen molar-refractivity contribution in [2.75, 3.05) is 26.2 Å². The van der Waals surface area contributed by atoms with Crippen molar-refractivity contribution in [1.82, 2.24) is 9.80 Å². The van der Waals surface area contributed by atoms with Gasteiger partial charge >= 0.3 is 0 Å². The van der Waals surface area contributed by atoms with Gasteiger partial charge in [-0.15, -0.1) is 11.3 Å². The van der Waals surface area contributed by atoms with Gasteiger partial charge < -0.3 is 0 Å². The summed E-state index contributed by atoms with van der Waals surface area (Å²) in [5.74, 6) is 0. The smallest absolute Gasteiger partial charge is 0.0846 e. The van der Waals surface area contributed by atoms with Gasteiger partial charge in [-0.1, -0.05) is 30.3 Å². The Morgan fingerprint density at radius 2 is 1.65 bits per heavy atom. The van der Waals surface area contributed by atoms with Crippen molar-refractivity contribution in [3.63, 3.8) is 0 Å². The van der Waals surface area contributed by atoms with Crippen LogP contribution in [0.2, 0.25) is 0 Å². The average molecular weight is 366 g/mol. The van der Waals surface area contributed by atoms with Crippen LogP contribution in [0.25, 0.3) is 0 Å². The molecule has 4 rings (SSSR count). The van der Waals surface area contributed by atoms with Crippen LogP contribution in [0.15, 0.2) is 41.8 Å². The molecule has 0 aliphatic carbocycles. The maximum Gasteiger partial charge on any atom is 0.0846 e. The molecular weight excluding hydrogens is 338 g/mol. The Morgan fingerprint density at radius 3 is 2.35 bits per heavy atom. The van der Waals surface area contributed by atoms with Crippen molar-refractivity contribution >= 4 is 11.3 Å². The lowest BCUT2D eigenvalue weighted by Crippen LogP contribution is -2.41. The summed E-state index contributed by atoms with van der Waals surface area (Å²) in [7, 11) is 0. The number of hydrogen-bond acceptors (Lipinski definition) is 4. The molecule has 0 N–H and O–H groups in total. The molecule has 0 atom stereocenters. The van der Waals surface area contributed by atoms with Crippen LogP contribution in [0.5, 0.6) is 0 Å². The van der Waals surface area contributed by atoms with Crippen LogP contribution in [0, 0.1) is 11.3 Å². The first kappa shape index (κ1) is 17.7. The third-order valence-electron chi connectivity index (χ3n) is 5.94. The Morgan fingerprint density at radius 1 is 0.962 bits per heavy atom. The first-order valence-corrected chi connectivity index (χ1v) is 10.6. The van der Waals surface area contributed by atoms with Gasteiger partial charge in [0, 0.05) is 31.1 Å². The van der Waals surface area contributed by atoms with Crippen molar-refractivity contribution in [2.45, 2.75) is 44.2 Å². The Balaban J connectivity index is 1.34. The van der Waals surface area contributed by atoms with E-state index in [1.54, 1.807) is 0 Å². The Hall–Kier alpha value is -1.67. The number of nitriles is 1. The maximum atomic E-state index is 9.84. The monoisotopic (exact) mass is 365 g/mol. The first-order valence-electron chi connectivity index (χ1n) is 9.75. The molecule has 26 heavy (non-hydrogen) atoms. The largest absolute Gasteiger partial charge is 0.299 e. The van der Waals surface area contributed by atoms with Gasteiger partial charge in [-0.3, -0.25) is 9.80 Å². The molecule has 3 nitrogen and oxygen atoms in total. The van der Waals surface area contributed by atoms with E-state index in [1.165, 1.54) is 41.9 Å². The lowest BCUT2D eigenvalue weighted by atomic mass is 9.74. The number of nitrogens with zero attached hydrogens (tertiary/aromatic N) is 3. The van der Waals surface area contributed by atoms with Gasteiger partial charge in [0.05, 0.1) is 11.5 Å². The lowest BCUT2D eigenvalue weighted by molar-refractivity contribution is 0.180. The second kappa shape index (κ2) is 7.92. The highest BCUT2D eigenvalue weighted by atomic mass is 32.1. The summed E-state index contributed by atoms with van der Waals surface area (Å²) in [6.07, 6.45) is 4.57. The van der Waals surface area contributed by atoms with E-state index in [2.05, 4.69) is 39.4 Å². The van der Waals surface area contributed by atoms with Crippen LogP contribution >= 0.6 is 11.3 Å². The predicted octanol–water partition coefficient (Wildman–Crippen LogP) is 4.40. The fourth-order valence-electron chi connectivity index (χ4n) is 4.33. The van der Waals surface area contributed by atoms with Crippen molar-refractivity contribution in [3.05, 3.63) is 57.8 Å². The van der Waals surface area contributed by atoms with E-state index < -0.39 is 0 Å². The molecule has 2 fully saturated rings. The minimum Gasteiger partial charge on any atom is -0.299 e. The summed E-state index contributed by atoms with van der Waals surface area (Å²) in [6, 6.07) is 15.4. The van der Waals surface area contributed by atoms with E-state index in [4.69, 9.17) is 0 Å². The molecule has 1 aromatic carbocycles. The van der Waals surface area contributed by atoms with Gasteiger partial charge in [0.15, 0.2) is 0 Å². The minimum absolute atomic E-state index is 0.297. The van der Waals surface area contributed by atoms with Crippen LogP contribution in [-0.4, -0.2) is 36.0 Å². The molecule has 0 spiro atoms. The quantitative estimate of drug-likeness (QED) is 0.787. The molecule has 0 saturated carbocycles. The lowest BCUT2D eigenvalue weighted by Gasteiger charge is -2.37. The summed E-state index contributed by atoms with van der Waals surface area (Å²) in [6.45, 7) is 6.66.